The molecule has 0 aliphatic carbocycles. The number of nitrogens with zero attached hydrogens (tertiary/aromatic N) is 2. The van der Waals surface area contributed by atoms with Gasteiger partial charge < -0.3 is 9.52 Å². The minimum atomic E-state index is -0.872. The number of carbonyl (C=O) groups is 1. The molecule has 3 aromatic rings. The Morgan fingerprint density at radius 1 is 1.29 bits per heavy atom. The van der Waals surface area contributed by atoms with Gasteiger partial charge in [-0.1, -0.05) is 6.58 Å². The highest BCUT2D eigenvalue weighted by Crippen LogP contribution is 2.33. The predicted molar refractivity (Wildman–Crippen MR) is 115 cm³/mol. The van der Waals surface area contributed by atoms with Gasteiger partial charge in [-0.2, -0.15) is 0 Å². The van der Waals surface area contributed by atoms with Crippen molar-refractivity contribution in [3.63, 3.8) is 0 Å². The van der Waals surface area contributed by atoms with Gasteiger partial charge in [0.25, 0.3) is 11.2 Å². The summed E-state index contributed by atoms with van der Waals surface area (Å²) < 4.78 is 7.17. The summed E-state index contributed by atoms with van der Waals surface area (Å²) in [4.78, 5) is 34.2. The second-order valence-electron chi connectivity index (χ2n) is 7.37. The lowest BCUT2D eigenvalue weighted by Gasteiger charge is -2.04. The summed E-state index contributed by atoms with van der Waals surface area (Å²) in [6, 6.07) is 6.49. The normalized spacial score (nSPS) is 11.7. The fourth-order valence-electron chi connectivity index (χ4n) is 3.27. The lowest BCUT2D eigenvalue weighted by Crippen LogP contribution is -2.34. The summed E-state index contributed by atoms with van der Waals surface area (Å²) in [5.74, 6) is -0.180. The van der Waals surface area contributed by atoms with Crippen molar-refractivity contribution in [1.82, 2.24) is 9.78 Å². The average molecular weight is 425 g/mol. The molecule has 0 radical (unpaired) electrons. The predicted octanol–water partition coefficient (Wildman–Crippen LogP) is 2.46. The van der Waals surface area contributed by atoms with Gasteiger partial charge >= 0.3 is 5.97 Å². The summed E-state index contributed by atoms with van der Waals surface area (Å²) in [5.41, 5.74) is 1.74. The van der Waals surface area contributed by atoms with Gasteiger partial charge in [0.15, 0.2) is 0 Å². The molecule has 2 N–H and O–H groups in total. The van der Waals surface area contributed by atoms with Gasteiger partial charge in [0, 0.05) is 19.0 Å². The van der Waals surface area contributed by atoms with Crippen molar-refractivity contribution in [1.29, 1.82) is 0 Å². The molecule has 9 nitrogen and oxygen atoms in total. The number of hydrogen-bond acceptors (Lipinski definition) is 5. The van der Waals surface area contributed by atoms with E-state index in [0.717, 1.165) is 11.1 Å². The van der Waals surface area contributed by atoms with Crippen LogP contribution in [0.4, 0.5) is 5.69 Å². The monoisotopic (exact) mass is 425 g/mol. The minimum absolute atomic E-state index is 0.0471. The molecular formula is C22H23N3O6. The molecule has 0 amide bonds. The number of unbranched alkanes of at least 4 members (excludes halogenated alkanes) is 1. The number of rotatable bonds is 8. The zero-order chi connectivity index (χ0) is 22.7. The van der Waals surface area contributed by atoms with Crippen LogP contribution in [-0.2, 0) is 11.3 Å². The summed E-state index contributed by atoms with van der Waals surface area (Å²) in [6.45, 7) is 7.87. The third-order valence-electron chi connectivity index (χ3n) is 5.08. The summed E-state index contributed by atoms with van der Waals surface area (Å²) in [5, 5.41) is 23.8. The first kappa shape index (κ1) is 21.8. The van der Waals surface area contributed by atoms with Crippen molar-refractivity contribution in [2.24, 2.45) is 0 Å². The number of carboxylic acid groups (broad SMARTS) is 1. The van der Waals surface area contributed by atoms with Crippen molar-refractivity contribution in [3.05, 3.63) is 72.2 Å². The average Bonchev–Trinajstić information content (AvgIpc) is 3.27. The summed E-state index contributed by atoms with van der Waals surface area (Å²) >= 11 is 0. The molecule has 0 bridgehead atoms. The maximum atomic E-state index is 12.6. The van der Waals surface area contributed by atoms with Gasteiger partial charge in [-0.15, -0.1) is 0 Å². The first-order valence-electron chi connectivity index (χ1n) is 9.74. The van der Waals surface area contributed by atoms with Crippen LogP contribution in [0.2, 0.25) is 0 Å². The highest BCUT2D eigenvalue weighted by atomic mass is 16.6. The molecular weight excluding hydrogens is 402 g/mol. The highest BCUT2D eigenvalue weighted by molar-refractivity contribution is 5.72. The fourth-order valence-corrected chi connectivity index (χ4v) is 3.27. The van der Waals surface area contributed by atoms with Gasteiger partial charge in [-0.3, -0.25) is 29.5 Å². The first-order chi connectivity index (χ1) is 14.7. The molecule has 2 aromatic heterocycles. The number of benzene rings is 1. The summed E-state index contributed by atoms with van der Waals surface area (Å²) in [7, 11) is 0. The molecule has 0 atom stereocenters. The molecule has 0 aliphatic rings. The standard InChI is InChI=1S/C22H23N3O6/c1-13-10-18(19(25(29)30)11-14(13)2)20-8-7-16(31-20)12-17-15(3)23-24(22(17)28)9-5-4-6-21(26)27/h7-8,10-12,23H,3-6,9H2,1-2H3,(H,26,27). The third kappa shape index (κ3) is 4.82. The molecule has 0 fully saturated rings. The molecule has 31 heavy (non-hydrogen) atoms. The van der Waals surface area contributed by atoms with Gasteiger partial charge in [-0.25, -0.2) is 0 Å². The van der Waals surface area contributed by atoms with Gasteiger partial charge in [0.05, 0.1) is 21.1 Å². The number of hydrogen-bond donors (Lipinski definition) is 2. The number of nitrogens with one attached hydrogen (secondary N) is 1. The Morgan fingerprint density at radius 2 is 2.00 bits per heavy atom. The number of aromatic amines is 1. The third-order valence-corrected chi connectivity index (χ3v) is 5.08. The van der Waals surface area contributed by atoms with Crippen LogP contribution in [0.25, 0.3) is 24.0 Å². The van der Waals surface area contributed by atoms with Crippen LogP contribution < -0.4 is 16.1 Å². The molecule has 0 unspecified atom stereocenters. The number of nitro benzene ring substituents is 1. The fraction of sp³-hybridized carbons (Fsp3) is 0.273. The molecule has 162 valence electrons. The van der Waals surface area contributed by atoms with Crippen molar-refractivity contribution in [2.45, 2.75) is 39.7 Å². The van der Waals surface area contributed by atoms with Crippen molar-refractivity contribution in [2.75, 3.05) is 0 Å². The van der Waals surface area contributed by atoms with Crippen LogP contribution in [-0.4, -0.2) is 25.8 Å². The zero-order valence-electron chi connectivity index (χ0n) is 17.3. The van der Waals surface area contributed by atoms with E-state index in [1.54, 1.807) is 18.2 Å². The van der Waals surface area contributed by atoms with Gasteiger partial charge in [0.1, 0.15) is 11.5 Å². The Bertz CT molecular complexity index is 1310. The van der Waals surface area contributed by atoms with E-state index >= 15 is 0 Å². The van der Waals surface area contributed by atoms with E-state index in [2.05, 4.69) is 11.7 Å². The maximum absolute atomic E-state index is 12.6. The van der Waals surface area contributed by atoms with Gasteiger partial charge in [0.2, 0.25) is 0 Å². The van der Waals surface area contributed by atoms with Crippen LogP contribution in [0.1, 0.15) is 36.1 Å². The van der Waals surface area contributed by atoms with E-state index in [1.165, 1.54) is 16.8 Å². The Morgan fingerprint density at radius 3 is 2.68 bits per heavy atom. The number of H-pyrrole nitrogens is 1. The largest absolute Gasteiger partial charge is 0.481 e. The second kappa shape index (κ2) is 8.86. The van der Waals surface area contributed by atoms with Crippen LogP contribution in [0.15, 0.2) is 33.5 Å². The molecule has 0 saturated heterocycles. The minimum Gasteiger partial charge on any atom is -0.481 e. The second-order valence-corrected chi connectivity index (χ2v) is 7.37. The first-order valence-corrected chi connectivity index (χ1v) is 9.74. The van der Waals surface area contributed by atoms with E-state index in [0.29, 0.717) is 47.0 Å². The SMILES string of the molecule is C=c1[nH]n(CCCCC(=O)O)c(=O)c1=Cc1ccc(-c2cc(C)c(C)cc2[N+](=O)[O-])o1. The Labute approximate surface area is 177 Å². The highest BCUT2D eigenvalue weighted by Gasteiger charge is 2.19. The molecule has 0 aliphatic heterocycles. The maximum Gasteiger partial charge on any atom is 0.303 e. The quantitative estimate of drug-likeness (QED) is 0.324. The zero-order valence-corrected chi connectivity index (χ0v) is 17.3. The molecule has 9 heteroatoms. The Balaban J connectivity index is 1.92. The van der Waals surface area contributed by atoms with E-state index in [-0.39, 0.29) is 17.7 Å². The number of carboxylic acids is 1. The van der Waals surface area contributed by atoms with Gasteiger partial charge in [-0.05, 0) is 62.1 Å². The lowest BCUT2D eigenvalue weighted by molar-refractivity contribution is -0.384. The Kier molecular flexibility index (Phi) is 6.24. The number of aromatic nitrogens is 2. The molecule has 1 aromatic carbocycles. The number of aliphatic carboxylic acids is 1. The molecule has 3 rings (SSSR count). The Hall–Kier alpha value is -3.88. The van der Waals surface area contributed by atoms with E-state index in [1.807, 2.05) is 13.8 Å². The van der Waals surface area contributed by atoms with E-state index in [4.69, 9.17) is 9.52 Å². The van der Waals surface area contributed by atoms with E-state index in [9.17, 15) is 19.7 Å². The number of nitro groups is 1. The van der Waals surface area contributed by atoms with Crippen molar-refractivity contribution in [3.8, 4) is 11.3 Å². The van der Waals surface area contributed by atoms with Crippen molar-refractivity contribution < 1.29 is 19.2 Å². The number of furan rings is 1. The smallest absolute Gasteiger partial charge is 0.303 e. The number of aryl methyl sites for hydroxylation is 3. The molecule has 0 spiro atoms. The van der Waals surface area contributed by atoms with Crippen LogP contribution >= 0.6 is 0 Å². The summed E-state index contributed by atoms with van der Waals surface area (Å²) in [6.07, 6.45) is 2.58. The molecule has 0 saturated carbocycles. The molecule has 2 heterocycles. The lowest BCUT2D eigenvalue weighted by atomic mass is 10.0. The van der Waals surface area contributed by atoms with Crippen LogP contribution in [0.5, 0.6) is 0 Å². The van der Waals surface area contributed by atoms with E-state index < -0.39 is 10.9 Å². The van der Waals surface area contributed by atoms with Crippen molar-refractivity contribution >= 4 is 24.3 Å². The van der Waals surface area contributed by atoms with Crippen LogP contribution in [0.3, 0.4) is 0 Å². The topological polar surface area (TPSA) is 131 Å². The van der Waals surface area contributed by atoms with Crippen LogP contribution in [0, 0.1) is 24.0 Å².